The van der Waals surface area contributed by atoms with Crippen molar-refractivity contribution in [2.24, 2.45) is 5.84 Å². The normalized spacial score (nSPS) is 12.6. The lowest BCUT2D eigenvalue weighted by Gasteiger charge is -2.16. The second-order valence-corrected chi connectivity index (χ2v) is 6.38. The van der Waals surface area contributed by atoms with Crippen molar-refractivity contribution in [1.29, 1.82) is 0 Å². The van der Waals surface area contributed by atoms with Crippen LogP contribution in [0.2, 0.25) is 0 Å². The fraction of sp³-hybridized carbons (Fsp3) is 0.385. The molecule has 1 heterocycles. The Hall–Kier alpha value is -0.890. The maximum atomic E-state index is 5.68. The Labute approximate surface area is 131 Å². The Morgan fingerprint density at radius 3 is 3.05 bits per heavy atom. The number of nitrogens with zero attached hydrogens (tertiary/aromatic N) is 3. The Kier molecular flexibility index (Phi) is 6.03. The highest BCUT2D eigenvalue weighted by atomic mass is 79.9. The largest absolute Gasteiger partial charge is 0.271 e. The molecule has 0 amide bonds. The summed E-state index contributed by atoms with van der Waals surface area (Å²) in [6, 6.07) is 8.26. The lowest BCUT2D eigenvalue weighted by Crippen LogP contribution is -2.31. The minimum Gasteiger partial charge on any atom is -0.271 e. The molecule has 1 unspecified atom stereocenters. The van der Waals surface area contributed by atoms with Gasteiger partial charge in [-0.2, -0.15) is 0 Å². The van der Waals surface area contributed by atoms with Gasteiger partial charge in [0.2, 0.25) is 0 Å². The van der Waals surface area contributed by atoms with Crippen LogP contribution >= 0.6 is 27.7 Å². The number of nitrogens with two attached hydrogens (primary N) is 1. The third kappa shape index (κ3) is 4.05. The number of nitrogens with one attached hydrogen (secondary N) is 1. The van der Waals surface area contributed by atoms with Crippen LogP contribution < -0.4 is 11.3 Å². The predicted octanol–water partition coefficient (Wildman–Crippen LogP) is 2.75. The van der Waals surface area contributed by atoms with E-state index in [-0.39, 0.29) is 6.04 Å². The van der Waals surface area contributed by atoms with Crippen LogP contribution in [-0.2, 0) is 6.54 Å². The number of rotatable bonds is 7. The number of thioether (sulfide) groups is 1. The van der Waals surface area contributed by atoms with Crippen molar-refractivity contribution in [3.63, 3.8) is 0 Å². The van der Waals surface area contributed by atoms with Gasteiger partial charge in [-0.1, -0.05) is 34.1 Å². The van der Waals surface area contributed by atoms with Crippen LogP contribution in [0, 0.1) is 0 Å². The number of benzene rings is 1. The number of aromatic nitrogens is 3. The number of hydrogen-bond donors (Lipinski definition) is 2. The van der Waals surface area contributed by atoms with Gasteiger partial charge in [-0.3, -0.25) is 11.3 Å². The number of hydrazine groups is 1. The van der Waals surface area contributed by atoms with Crippen molar-refractivity contribution in [3.8, 4) is 0 Å². The van der Waals surface area contributed by atoms with Crippen molar-refractivity contribution < 1.29 is 0 Å². The van der Waals surface area contributed by atoms with Gasteiger partial charge in [-0.05, 0) is 24.6 Å². The van der Waals surface area contributed by atoms with E-state index in [1.165, 1.54) is 4.90 Å². The van der Waals surface area contributed by atoms with Crippen molar-refractivity contribution >= 4 is 27.7 Å². The van der Waals surface area contributed by atoms with Gasteiger partial charge in [0.25, 0.3) is 0 Å². The van der Waals surface area contributed by atoms with E-state index in [1.54, 1.807) is 18.0 Å². The molecule has 7 heteroatoms. The van der Waals surface area contributed by atoms with Gasteiger partial charge in [0.15, 0.2) is 0 Å². The van der Waals surface area contributed by atoms with Crippen LogP contribution in [0.1, 0.15) is 25.1 Å². The summed E-state index contributed by atoms with van der Waals surface area (Å²) >= 11 is 5.23. The van der Waals surface area contributed by atoms with Crippen LogP contribution in [0.4, 0.5) is 0 Å². The van der Waals surface area contributed by atoms with E-state index in [0.29, 0.717) is 0 Å². The minimum atomic E-state index is 0.0283. The second kappa shape index (κ2) is 7.78. The predicted molar refractivity (Wildman–Crippen MR) is 85.2 cm³/mol. The molecule has 0 aliphatic rings. The first-order chi connectivity index (χ1) is 9.74. The highest BCUT2D eigenvalue weighted by molar-refractivity contribution is 9.10. The average Bonchev–Trinajstić information content (AvgIpc) is 2.89. The molecule has 0 aliphatic heterocycles. The summed E-state index contributed by atoms with van der Waals surface area (Å²) in [5.74, 6) is 6.51. The zero-order chi connectivity index (χ0) is 14.4. The maximum absolute atomic E-state index is 5.68. The quantitative estimate of drug-likeness (QED) is 0.454. The van der Waals surface area contributed by atoms with Gasteiger partial charge in [0.1, 0.15) is 0 Å². The lowest BCUT2D eigenvalue weighted by atomic mass is 10.2. The molecule has 20 heavy (non-hydrogen) atoms. The highest BCUT2D eigenvalue weighted by Gasteiger charge is 2.16. The Bertz CT molecular complexity index is 545. The fourth-order valence-electron chi connectivity index (χ4n) is 1.88. The molecule has 2 rings (SSSR count). The summed E-state index contributed by atoms with van der Waals surface area (Å²) in [6.07, 6.45) is 2.80. The van der Waals surface area contributed by atoms with E-state index in [2.05, 4.69) is 50.7 Å². The van der Waals surface area contributed by atoms with Gasteiger partial charge in [-0.15, -0.1) is 16.9 Å². The van der Waals surface area contributed by atoms with E-state index in [4.69, 9.17) is 5.84 Å². The van der Waals surface area contributed by atoms with Crippen LogP contribution in [-0.4, -0.2) is 20.7 Å². The summed E-state index contributed by atoms with van der Waals surface area (Å²) in [4.78, 5) is 1.20. The number of halogens is 1. The minimum absolute atomic E-state index is 0.0283. The Morgan fingerprint density at radius 2 is 2.35 bits per heavy atom. The van der Waals surface area contributed by atoms with E-state index in [9.17, 15) is 0 Å². The Morgan fingerprint density at radius 1 is 1.50 bits per heavy atom. The van der Waals surface area contributed by atoms with Crippen LogP contribution in [0.15, 0.2) is 39.8 Å². The lowest BCUT2D eigenvalue weighted by molar-refractivity contribution is 0.501. The molecule has 5 nitrogen and oxygen atoms in total. The first-order valence-electron chi connectivity index (χ1n) is 6.47. The van der Waals surface area contributed by atoms with Gasteiger partial charge in [0, 0.05) is 21.7 Å². The summed E-state index contributed by atoms with van der Waals surface area (Å²) in [6.45, 7) is 2.97. The monoisotopic (exact) mass is 355 g/mol. The van der Waals surface area contributed by atoms with Gasteiger partial charge >= 0.3 is 0 Å². The van der Waals surface area contributed by atoms with Crippen LogP contribution in [0.25, 0.3) is 0 Å². The van der Waals surface area contributed by atoms with Gasteiger partial charge in [0.05, 0.1) is 17.9 Å². The van der Waals surface area contributed by atoms with Crippen molar-refractivity contribution in [2.45, 2.75) is 30.8 Å². The topological polar surface area (TPSA) is 68.8 Å². The molecule has 108 valence electrons. The van der Waals surface area contributed by atoms with E-state index >= 15 is 0 Å². The van der Waals surface area contributed by atoms with E-state index < -0.39 is 0 Å². The summed E-state index contributed by atoms with van der Waals surface area (Å²) in [5.41, 5.74) is 3.88. The van der Waals surface area contributed by atoms with Crippen molar-refractivity contribution in [3.05, 3.63) is 40.6 Å². The first-order valence-corrected chi connectivity index (χ1v) is 8.25. The summed E-state index contributed by atoms with van der Waals surface area (Å²) in [7, 11) is 0. The average molecular weight is 356 g/mol. The molecule has 1 aromatic heterocycles. The molecule has 2 aromatic rings. The zero-order valence-corrected chi connectivity index (χ0v) is 13.7. The molecule has 0 bridgehead atoms. The third-order valence-corrected chi connectivity index (χ3v) is 4.43. The fourth-order valence-corrected chi connectivity index (χ4v) is 3.44. The smallest absolute Gasteiger partial charge is 0.0778 e. The summed E-state index contributed by atoms with van der Waals surface area (Å²) in [5, 5.41) is 8.08. The van der Waals surface area contributed by atoms with Crippen molar-refractivity contribution in [1.82, 2.24) is 20.4 Å². The molecule has 0 radical (unpaired) electrons. The van der Waals surface area contributed by atoms with Crippen LogP contribution in [0.5, 0.6) is 0 Å². The standard InChI is InChI=1S/C13H18BrN5S/c1-2-6-19-13(8-16-18-19)12(17-15)9-20-11-5-3-4-10(14)7-11/h3-5,7-8,12,17H,2,6,9,15H2,1H3. The molecule has 0 aliphatic carbocycles. The maximum Gasteiger partial charge on any atom is 0.0778 e. The molecule has 0 spiro atoms. The Balaban J connectivity index is 2.03. The molecule has 0 saturated carbocycles. The van der Waals surface area contributed by atoms with Gasteiger partial charge < -0.3 is 0 Å². The first kappa shape index (κ1) is 15.5. The second-order valence-electron chi connectivity index (χ2n) is 4.37. The molecule has 0 fully saturated rings. The molecular formula is C13H18BrN5S. The number of aryl methyl sites for hydroxylation is 1. The molecule has 0 saturated heterocycles. The third-order valence-electron chi connectivity index (χ3n) is 2.85. The van der Waals surface area contributed by atoms with Gasteiger partial charge in [-0.25, -0.2) is 4.68 Å². The van der Waals surface area contributed by atoms with Crippen LogP contribution in [0.3, 0.4) is 0 Å². The molecule has 3 N–H and O–H groups in total. The zero-order valence-electron chi connectivity index (χ0n) is 11.3. The van der Waals surface area contributed by atoms with E-state index in [1.807, 2.05) is 16.8 Å². The summed E-state index contributed by atoms with van der Waals surface area (Å²) < 4.78 is 2.99. The molecular weight excluding hydrogens is 338 g/mol. The number of hydrogen-bond acceptors (Lipinski definition) is 5. The molecule has 1 aromatic carbocycles. The SMILES string of the molecule is CCCn1nncc1C(CSc1cccc(Br)c1)NN. The van der Waals surface area contributed by atoms with E-state index in [0.717, 1.165) is 28.9 Å². The van der Waals surface area contributed by atoms with Crippen molar-refractivity contribution in [2.75, 3.05) is 5.75 Å². The molecule has 1 atom stereocenters. The highest BCUT2D eigenvalue weighted by Crippen LogP contribution is 2.26.